The highest BCUT2D eigenvalue weighted by Gasteiger charge is 2.14. The minimum absolute atomic E-state index is 0.364. The highest BCUT2D eigenvalue weighted by Crippen LogP contribution is 2.26. The number of oxazole rings is 1. The van der Waals surface area contributed by atoms with Crippen LogP contribution in [0.3, 0.4) is 0 Å². The summed E-state index contributed by atoms with van der Waals surface area (Å²) in [4.78, 5) is 4.37. The van der Waals surface area contributed by atoms with Crippen LogP contribution in [0.15, 0.2) is 34.5 Å². The van der Waals surface area contributed by atoms with E-state index in [1.165, 1.54) is 5.57 Å². The van der Waals surface area contributed by atoms with Crippen LogP contribution < -0.4 is 0 Å². The molecule has 0 amide bonds. The van der Waals surface area contributed by atoms with Gasteiger partial charge in [-0.1, -0.05) is 18.2 Å². The second kappa shape index (κ2) is 5.12. The maximum Gasteiger partial charge on any atom is 0.191 e. The van der Waals surface area contributed by atoms with Gasteiger partial charge >= 0.3 is 0 Å². The van der Waals surface area contributed by atoms with Crippen molar-refractivity contribution in [2.45, 2.75) is 25.7 Å². The summed E-state index contributed by atoms with van der Waals surface area (Å²) in [7, 11) is 1.73. The van der Waals surface area contributed by atoms with Crippen LogP contribution in [-0.4, -0.2) is 18.7 Å². The number of hydrogen-bond acceptors (Lipinski definition) is 3. The highest BCUT2D eigenvalue weighted by molar-refractivity contribution is 5.23. The fourth-order valence-corrected chi connectivity index (χ4v) is 1.95. The van der Waals surface area contributed by atoms with Crippen molar-refractivity contribution in [3.63, 3.8) is 0 Å². The molecule has 1 unspecified atom stereocenters. The summed E-state index contributed by atoms with van der Waals surface area (Å²) >= 11 is 0. The van der Waals surface area contributed by atoms with Gasteiger partial charge in [-0.25, -0.2) is 4.98 Å². The zero-order chi connectivity index (χ0) is 11.4. The van der Waals surface area contributed by atoms with E-state index in [0.29, 0.717) is 5.92 Å². The van der Waals surface area contributed by atoms with E-state index in [2.05, 4.69) is 23.2 Å². The lowest BCUT2D eigenvalue weighted by atomic mass is 9.99. The summed E-state index contributed by atoms with van der Waals surface area (Å²) in [5.41, 5.74) is 2.36. The Hall–Kier alpha value is -1.35. The van der Waals surface area contributed by atoms with Gasteiger partial charge in [-0.3, -0.25) is 0 Å². The predicted octanol–water partition coefficient (Wildman–Crippen LogP) is 2.99. The molecule has 16 heavy (non-hydrogen) atoms. The average Bonchev–Trinajstić information content (AvgIpc) is 2.57. The Morgan fingerprint density at radius 1 is 1.56 bits per heavy atom. The second-order valence-electron chi connectivity index (χ2n) is 4.08. The molecule has 1 heterocycles. The van der Waals surface area contributed by atoms with Gasteiger partial charge < -0.3 is 9.15 Å². The number of rotatable bonds is 3. The zero-order valence-electron chi connectivity index (χ0n) is 9.77. The minimum Gasteiger partial charge on any atom is -0.449 e. The molecule has 86 valence electrons. The van der Waals surface area contributed by atoms with Gasteiger partial charge in [-0.15, -0.1) is 0 Å². The molecule has 0 aromatic carbocycles. The van der Waals surface area contributed by atoms with Crippen molar-refractivity contribution < 1.29 is 9.15 Å². The largest absolute Gasteiger partial charge is 0.449 e. The lowest BCUT2D eigenvalue weighted by Crippen LogP contribution is -1.98. The number of aromatic nitrogens is 1. The van der Waals surface area contributed by atoms with Crippen LogP contribution in [0, 0.1) is 6.92 Å². The van der Waals surface area contributed by atoms with Gasteiger partial charge in [0.25, 0.3) is 0 Å². The molecular weight excluding hydrogens is 202 g/mol. The molecule has 1 aliphatic carbocycles. The van der Waals surface area contributed by atoms with E-state index < -0.39 is 0 Å². The van der Waals surface area contributed by atoms with Gasteiger partial charge in [0, 0.05) is 20.0 Å². The maximum absolute atomic E-state index is 5.25. The highest BCUT2D eigenvalue weighted by atomic mass is 16.5. The van der Waals surface area contributed by atoms with Crippen LogP contribution in [0.2, 0.25) is 0 Å². The third-order valence-electron chi connectivity index (χ3n) is 2.80. The van der Waals surface area contributed by atoms with E-state index in [1.807, 2.05) is 6.92 Å². The SMILES string of the molecule is COCC1=CC=CC(c2coc(C)n2)CC1. The molecule has 0 fully saturated rings. The Labute approximate surface area is 95.8 Å². The standard InChI is InChI=1S/C13H17NO2/c1-10-14-13(9-16-10)12-5-3-4-11(6-7-12)8-15-2/h3-5,9,12H,6-8H2,1-2H3. The smallest absolute Gasteiger partial charge is 0.191 e. The lowest BCUT2D eigenvalue weighted by molar-refractivity contribution is 0.222. The third-order valence-corrected chi connectivity index (χ3v) is 2.80. The van der Waals surface area contributed by atoms with Crippen molar-refractivity contribution in [2.75, 3.05) is 13.7 Å². The third kappa shape index (κ3) is 2.61. The monoisotopic (exact) mass is 219 g/mol. The molecular formula is C13H17NO2. The summed E-state index contributed by atoms with van der Waals surface area (Å²) in [6.45, 7) is 2.59. The number of methoxy groups -OCH3 is 1. The second-order valence-corrected chi connectivity index (χ2v) is 4.08. The Morgan fingerprint density at radius 2 is 2.44 bits per heavy atom. The molecule has 1 atom stereocenters. The number of aryl methyl sites for hydroxylation is 1. The molecule has 3 heteroatoms. The van der Waals surface area contributed by atoms with Gasteiger partial charge in [-0.2, -0.15) is 0 Å². The molecule has 0 saturated carbocycles. The van der Waals surface area contributed by atoms with Crippen molar-refractivity contribution >= 4 is 0 Å². The summed E-state index contributed by atoms with van der Waals surface area (Å²) in [6.07, 6.45) is 10.3. The molecule has 3 nitrogen and oxygen atoms in total. The summed E-state index contributed by atoms with van der Waals surface area (Å²) in [5, 5.41) is 0. The van der Waals surface area contributed by atoms with Crippen molar-refractivity contribution in [3.8, 4) is 0 Å². The average molecular weight is 219 g/mol. The fourth-order valence-electron chi connectivity index (χ4n) is 1.95. The van der Waals surface area contributed by atoms with E-state index in [0.717, 1.165) is 31.0 Å². The quantitative estimate of drug-likeness (QED) is 0.784. The predicted molar refractivity (Wildman–Crippen MR) is 62.3 cm³/mol. The number of allylic oxidation sites excluding steroid dienone is 3. The molecule has 1 aliphatic rings. The maximum atomic E-state index is 5.25. The summed E-state index contributed by atoms with van der Waals surface area (Å²) in [5.74, 6) is 1.10. The number of nitrogens with zero attached hydrogens (tertiary/aromatic N) is 1. The van der Waals surface area contributed by atoms with Gasteiger partial charge in [0.2, 0.25) is 0 Å². The molecule has 0 aliphatic heterocycles. The summed E-state index contributed by atoms with van der Waals surface area (Å²) in [6, 6.07) is 0. The van der Waals surface area contributed by atoms with Crippen molar-refractivity contribution in [1.29, 1.82) is 0 Å². The molecule has 0 radical (unpaired) electrons. The van der Waals surface area contributed by atoms with E-state index in [9.17, 15) is 0 Å². The fraction of sp³-hybridized carbons (Fsp3) is 0.462. The normalized spacial score (nSPS) is 20.6. The first kappa shape index (κ1) is 11.1. The molecule has 1 aromatic heterocycles. The lowest BCUT2D eigenvalue weighted by Gasteiger charge is -2.08. The molecule has 0 saturated heterocycles. The molecule has 0 bridgehead atoms. The molecule has 2 rings (SSSR count). The van der Waals surface area contributed by atoms with Crippen molar-refractivity contribution in [1.82, 2.24) is 4.98 Å². The van der Waals surface area contributed by atoms with Crippen molar-refractivity contribution in [3.05, 3.63) is 41.6 Å². The van der Waals surface area contributed by atoms with Crippen molar-refractivity contribution in [2.24, 2.45) is 0 Å². The first-order chi connectivity index (χ1) is 7.79. The molecule has 1 aromatic rings. The van der Waals surface area contributed by atoms with Crippen LogP contribution in [0.5, 0.6) is 0 Å². The summed E-state index contributed by atoms with van der Waals surface area (Å²) < 4.78 is 10.4. The molecule has 0 N–H and O–H groups in total. The first-order valence-corrected chi connectivity index (χ1v) is 5.57. The van der Waals surface area contributed by atoms with Gasteiger partial charge in [0.05, 0.1) is 12.3 Å². The van der Waals surface area contributed by atoms with E-state index in [1.54, 1.807) is 13.4 Å². The number of ether oxygens (including phenoxy) is 1. The Bertz CT molecular complexity index is 404. The topological polar surface area (TPSA) is 35.3 Å². The van der Waals surface area contributed by atoms with Gasteiger partial charge in [-0.05, 0) is 18.4 Å². The minimum atomic E-state index is 0.364. The van der Waals surface area contributed by atoms with E-state index in [4.69, 9.17) is 9.15 Å². The Kier molecular flexibility index (Phi) is 3.57. The van der Waals surface area contributed by atoms with Gasteiger partial charge in [0.15, 0.2) is 5.89 Å². The Balaban J connectivity index is 2.02. The van der Waals surface area contributed by atoms with Gasteiger partial charge in [0.1, 0.15) is 6.26 Å². The van der Waals surface area contributed by atoms with Crippen LogP contribution in [0.25, 0.3) is 0 Å². The van der Waals surface area contributed by atoms with Crippen LogP contribution >= 0.6 is 0 Å². The van der Waals surface area contributed by atoms with Crippen LogP contribution in [0.1, 0.15) is 30.3 Å². The first-order valence-electron chi connectivity index (χ1n) is 5.57. The van der Waals surface area contributed by atoms with Crippen LogP contribution in [0.4, 0.5) is 0 Å². The number of hydrogen-bond donors (Lipinski definition) is 0. The van der Waals surface area contributed by atoms with E-state index >= 15 is 0 Å². The Morgan fingerprint density at radius 3 is 3.12 bits per heavy atom. The molecule has 0 spiro atoms. The van der Waals surface area contributed by atoms with E-state index in [-0.39, 0.29) is 0 Å². The zero-order valence-corrected chi connectivity index (χ0v) is 9.77. The van der Waals surface area contributed by atoms with Crippen LogP contribution in [-0.2, 0) is 4.74 Å².